The molecule has 0 saturated heterocycles. The van der Waals surface area contributed by atoms with Crippen molar-refractivity contribution >= 4 is 16.8 Å². The Hall–Kier alpha value is -3.35. The Balaban J connectivity index is 1.94. The Morgan fingerprint density at radius 1 is 1.11 bits per heavy atom. The van der Waals surface area contributed by atoms with Crippen molar-refractivity contribution in [2.24, 2.45) is 0 Å². The lowest BCUT2D eigenvalue weighted by Crippen LogP contribution is -2.44. The average molecular weight is 379 g/mol. The number of carbonyl (C=O) groups excluding carboxylic acids is 1. The van der Waals surface area contributed by atoms with Crippen LogP contribution in [0.15, 0.2) is 58.1 Å². The molecule has 4 rings (SSSR count). The first kappa shape index (κ1) is 18.0. The average Bonchev–Trinajstić information content (AvgIpc) is 3.52. The highest BCUT2D eigenvalue weighted by molar-refractivity contribution is 5.84. The number of hydrogen-bond acceptors (Lipinski definition) is 4. The molecular weight excluding hydrogens is 358 g/mol. The van der Waals surface area contributed by atoms with E-state index in [0.717, 1.165) is 17.4 Å². The number of benzene rings is 2. The zero-order valence-corrected chi connectivity index (χ0v) is 15.7. The minimum absolute atomic E-state index is 0.185. The van der Waals surface area contributed by atoms with E-state index >= 15 is 0 Å². The van der Waals surface area contributed by atoms with Crippen molar-refractivity contribution in [3.63, 3.8) is 0 Å². The molecule has 1 amide bonds. The number of amides is 1. The first-order valence-corrected chi connectivity index (χ1v) is 9.22. The van der Waals surface area contributed by atoms with Gasteiger partial charge in [0.25, 0.3) is 5.56 Å². The van der Waals surface area contributed by atoms with Gasteiger partial charge in [-0.05, 0) is 56.2 Å². The maximum absolute atomic E-state index is 13.3. The molecule has 3 aromatic rings. The lowest BCUT2D eigenvalue weighted by molar-refractivity contribution is -0.124. The molecule has 1 aliphatic rings. The molecule has 0 bridgehead atoms. The zero-order chi connectivity index (χ0) is 19.8. The number of ether oxygens (including phenoxy) is 1. The molecule has 1 aromatic heterocycles. The standard InChI is InChI=1S/C21H21N3O4/c1-13(19(25)22-14-7-8-14)23-18-6-4-3-5-17(18)20(26)24(21(23)27)15-9-11-16(28-2)12-10-15/h3-6,9-14H,7-8H2,1-2H3,(H,22,25)/t13-/m0/s1. The summed E-state index contributed by atoms with van der Waals surface area (Å²) in [5.74, 6) is 0.393. The lowest BCUT2D eigenvalue weighted by atomic mass is 10.2. The van der Waals surface area contributed by atoms with Crippen LogP contribution in [-0.4, -0.2) is 28.2 Å². The van der Waals surface area contributed by atoms with Crippen LogP contribution in [-0.2, 0) is 4.79 Å². The molecule has 0 spiro atoms. The topological polar surface area (TPSA) is 82.3 Å². The third-order valence-electron chi connectivity index (χ3n) is 5.02. The second-order valence-electron chi connectivity index (χ2n) is 6.97. The van der Waals surface area contributed by atoms with E-state index in [1.54, 1.807) is 62.6 Å². The van der Waals surface area contributed by atoms with Crippen molar-refractivity contribution < 1.29 is 9.53 Å². The molecule has 1 atom stereocenters. The number of nitrogens with one attached hydrogen (secondary N) is 1. The predicted molar refractivity (Wildman–Crippen MR) is 106 cm³/mol. The van der Waals surface area contributed by atoms with Crippen LogP contribution in [0.3, 0.4) is 0 Å². The molecule has 0 unspecified atom stereocenters. The van der Waals surface area contributed by atoms with E-state index in [0.29, 0.717) is 22.3 Å². The van der Waals surface area contributed by atoms with Crippen LogP contribution in [0.4, 0.5) is 0 Å². The maximum Gasteiger partial charge on any atom is 0.336 e. The van der Waals surface area contributed by atoms with Crippen LogP contribution in [0, 0.1) is 0 Å². The first-order chi connectivity index (χ1) is 13.5. The minimum atomic E-state index is -0.747. The van der Waals surface area contributed by atoms with Gasteiger partial charge in [0.2, 0.25) is 5.91 Å². The number of aromatic nitrogens is 2. The summed E-state index contributed by atoms with van der Waals surface area (Å²) in [6.07, 6.45) is 1.92. The van der Waals surface area contributed by atoms with Gasteiger partial charge < -0.3 is 10.1 Å². The van der Waals surface area contributed by atoms with E-state index in [2.05, 4.69) is 5.32 Å². The largest absolute Gasteiger partial charge is 0.497 e. The number of carbonyl (C=O) groups is 1. The molecule has 1 saturated carbocycles. The highest BCUT2D eigenvalue weighted by atomic mass is 16.5. The van der Waals surface area contributed by atoms with Crippen molar-refractivity contribution in [1.29, 1.82) is 0 Å². The third-order valence-corrected chi connectivity index (χ3v) is 5.02. The maximum atomic E-state index is 13.3. The predicted octanol–water partition coefficient (Wildman–Crippen LogP) is 2.00. The van der Waals surface area contributed by atoms with Crippen LogP contribution in [0.5, 0.6) is 5.75 Å². The lowest BCUT2D eigenvalue weighted by Gasteiger charge is -2.19. The second kappa shape index (κ2) is 6.99. The summed E-state index contributed by atoms with van der Waals surface area (Å²) in [6, 6.07) is 13.0. The van der Waals surface area contributed by atoms with Crippen LogP contribution in [0.25, 0.3) is 16.6 Å². The van der Waals surface area contributed by atoms with Gasteiger partial charge in [-0.2, -0.15) is 0 Å². The molecule has 2 aromatic carbocycles. The minimum Gasteiger partial charge on any atom is -0.497 e. The summed E-state index contributed by atoms with van der Waals surface area (Å²) in [7, 11) is 1.55. The molecule has 0 aliphatic heterocycles. The van der Waals surface area contributed by atoms with Gasteiger partial charge >= 0.3 is 5.69 Å². The molecule has 7 nitrogen and oxygen atoms in total. The summed E-state index contributed by atoms with van der Waals surface area (Å²) in [5, 5.41) is 3.31. The summed E-state index contributed by atoms with van der Waals surface area (Å²) in [5.41, 5.74) is -0.102. The molecule has 0 radical (unpaired) electrons. The van der Waals surface area contributed by atoms with Gasteiger partial charge in [-0.3, -0.25) is 14.2 Å². The number of para-hydroxylation sites is 1. The van der Waals surface area contributed by atoms with Gasteiger partial charge in [0.05, 0.1) is 23.7 Å². The molecule has 144 valence electrons. The van der Waals surface area contributed by atoms with Gasteiger partial charge in [0.1, 0.15) is 11.8 Å². The highest BCUT2D eigenvalue weighted by Crippen LogP contribution is 2.21. The van der Waals surface area contributed by atoms with Crippen molar-refractivity contribution in [3.05, 3.63) is 69.4 Å². The number of rotatable bonds is 5. The Morgan fingerprint density at radius 2 is 1.79 bits per heavy atom. The number of fused-ring (bicyclic) bond motifs is 1. The van der Waals surface area contributed by atoms with E-state index in [-0.39, 0.29) is 11.9 Å². The fourth-order valence-electron chi connectivity index (χ4n) is 3.28. The van der Waals surface area contributed by atoms with Crippen LogP contribution in [0.2, 0.25) is 0 Å². The molecule has 7 heteroatoms. The van der Waals surface area contributed by atoms with Crippen molar-refractivity contribution in [2.75, 3.05) is 7.11 Å². The molecule has 1 fully saturated rings. The Labute approximate surface area is 161 Å². The molecule has 28 heavy (non-hydrogen) atoms. The first-order valence-electron chi connectivity index (χ1n) is 9.22. The number of nitrogens with zero attached hydrogens (tertiary/aromatic N) is 2. The fraction of sp³-hybridized carbons (Fsp3) is 0.286. The fourth-order valence-corrected chi connectivity index (χ4v) is 3.28. The third kappa shape index (κ3) is 3.09. The normalized spacial score (nSPS) is 14.6. The number of methoxy groups -OCH3 is 1. The number of hydrogen-bond donors (Lipinski definition) is 1. The molecule has 1 N–H and O–H groups in total. The SMILES string of the molecule is COc1ccc(-n2c(=O)c3ccccc3n([C@@H](C)C(=O)NC3CC3)c2=O)cc1. The molecule has 1 heterocycles. The Bertz CT molecular complexity index is 1160. The van der Waals surface area contributed by atoms with Gasteiger partial charge in [-0.25, -0.2) is 9.36 Å². The van der Waals surface area contributed by atoms with Crippen LogP contribution in [0.1, 0.15) is 25.8 Å². The zero-order valence-electron chi connectivity index (χ0n) is 15.7. The van der Waals surface area contributed by atoms with Crippen LogP contribution < -0.4 is 21.3 Å². The smallest absolute Gasteiger partial charge is 0.336 e. The summed E-state index contributed by atoms with van der Waals surface area (Å²) < 4.78 is 7.64. The van der Waals surface area contributed by atoms with E-state index in [1.807, 2.05) is 0 Å². The second-order valence-corrected chi connectivity index (χ2v) is 6.97. The monoisotopic (exact) mass is 379 g/mol. The van der Waals surface area contributed by atoms with Crippen molar-refractivity contribution in [3.8, 4) is 11.4 Å². The van der Waals surface area contributed by atoms with E-state index < -0.39 is 17.3 Å². The van der Waals surface area contributed by atoms with Crippen molar-refractivity contribution in [2.45, 2.75) is 31.8 Å². The van der Waals surface area contributed by atoms with Gasteiger partial charge in [-0.1, -0.05) is 12.1 Å². The van der Waals surface area contributed by atoms with E-state index in [9.17, 15) is 14.4 Å². The molecule has 1 aliphatic carbocycles. The van der Waals surface area contributed by atoms with Crippen molar-refractivity contribution in [1.82, 2.24) is 14.5 Å². The van der Waals surface area contributed by atoms with E-state index in [1.165, 1.54) is 4.57 Å². The van der Waals surface area contributed by atoms with E-state index in [4.69, 9.17) is 4.74 Å². The quantitative estimate of drug-likeness (QED) is 0.735. The van der Waals surface area contributed by atoms with Gasteiger partial charge in [0.15, 0.2) is 0 Å². The van der Waals surface area contributed by atoms with Gasteiger partial charge in [0, 0.05) is 6.04 Å². The van der Waals surface area contributed by atoms with Crippen LogP contribution >= 0.6 is 0 Å². The highest BCUT2D eigenvalue weighted by Gasteiger charge is 2.28. The van der Waals surface area contributed by atoms with Gasteiger partial charge in [-0.15, -0.1) is 0 Å². The summed E-state index contributed by atoms with van der Waals surface area (Å²) >= 11 is 0. The Morgan fingerprint density at radius 3 is 2.43 bits per heavy atom. The molecular formula is C21H21N3O4. The Kier molecular flexibility index (Phi) is 4.50. The summed E-state index contributed by atoms with van der Waals surface area (Å²) in [6.45, 7) is 1.67. The summed E-state index contributed by atoms with van der Waals surface area (Å²) in [4.78, 5) is 39.0.